The number of aromatic nitrogens is 1. The summed E-state index contributed by atoms with van der Waals surface area (Å²) in [6.07, 6.45) is 1.61. The molecule has 0 radical (unpaired) electrons. The van der Waals surface area contributed by atoms with Crippen LogP contribution in [0.4, 0.5) is 8.78 Å². The van der Waals surface area contributed by atoms with Gasteiger partial charge in [0.15, 0.2) is 0 Å². The van der Waals surface area contributed by atoms with Crippen LogP contribution in [0, 0.1) is 17.6 Å². The lowest BCUT2D eigenvalue weighted by Crippen LogP contribution is -2.50. The minimum Gasteiger partial charge on any atom is -0.346 e. The summed E-state index contributed by atoms with van der Waals surface area (Å²) in [7, 11) is 0. The molecule has 0 bridgehead atoms. The Hall–Kier alpha value is -2.83. The summed E-state index contributed by atoms with van der Waals surface area (Å²) in [6, 6.07) is 7.15. The number of carbonyl (C=O) groups is 2. The van der Waals surface area contributed by atoms with Gasteiger partial charge in [0.2, 0.25) is 5.91 Å². The van der Waals surface area contributed by atoms with Crippen molar-refractivity contribution >= 4 is 11.8 Å². The smallest absolute Gasteiger partial charge is 0.257 e. The molecule has 2 rings (SSSR count). The molecule has 0 fully saturated rings. The van der Waals surface area contributed by atoms with Gasteiger partial charge >= 0.3 is 0 Å². The topological polar surface area (TPSA) is 71.1 Å². The van der Waals surface area contributed by atoms with Crippen molar-refractivity contribution in [2.24, 2.45) is 5.92 Å². The van der Waals surface area contributed by atoms with E-state index in [4.69, 9.17) is 0 Å². The molecule has 0 spiro atoms. The van der Waals surface area contributed by atoms with Crippen molar-refractivity contribution < 1.29 is 18.4 Å². The molecule has 5 nitrogen and oxygen atoms in total. The van der Waals surface area contributed by atoms with Gasteiger partial charge in [-0.1, -0.05) is 26.0 Å². The van der Waals surface area contributed by atoms with E-state index in [1.165, 1.54) is 6.07 Å². The molecule has 2 aromatic rings. The van der Waals surface area contributed by atoms with E-state index in [0.717, 1.165) is 12.1 Å². The molecule has 0 saturated heterocycles. The van der Waals surface area contributed by atoms with E-state index in [1.807, 2.05) is 0 Å². The van der Waals surface area contributed by atoms with Gasteiger partial charge in [-0.2, -0.15) is 0 Å². The molecule has 2 atom stereocenters. The molecule has 1 aromatic carbocycles. The highest BCUT2D eigenvalue weighted by molar-refractivity contribution is 5.98. The van der Waals surface area contributed by atoms with E-state index in [1.54, 1.807) is 45.2 Å². The Bertz CT molecular complexity index is 761. The molecule has 2 amide bonds. The second kappa shape index (κ2) is 8.51. The quantitative estimate of drug-likeness (QED) is 0.831. The second-order valence-electron chi connectivity index (χ2n) is 6.28. The van der Waals surface area contributed by atoms with Crippen LogP contribution in [0.2, 0.25) is 0 Å². The van der Waals surface area contributed by atoms with Gasteiger partial charge in [0.1, 0.15) is 23.2 Å². The number of halogens is 2. The zero-order valence-corrected chi connectivity index (χ0v) is 14.8. The van der Waals surface area contributed by atoms with Crippen molar-refractivity contribution in [1.82, 2.24) is 15.6 Å². The number of nitrogens with one attached hydrogen (secondary N) is 2. The first-order valence-electron chi connectivity index (χ1n) is 8.27. The summed E-state index contributed by atoms with van der Waals surface area (Å²) in [4.78, 5) is 29.0. The van der Waals surface area contributed by atoms with Crippen LogP contribution in [-0.4, -0.2) is 22.8 Å². The zero-order valence-electron chi connectivity index (χ0n) is 14.8. The Labute approximate surface area is 150 Å². The van der Waals surface area contributed by atoms with Crippen molar-refractivity contribution in [3.63, 3.8) is 0 Å². The molecule has 0 aliphatic heterocycles. The van der Waals surface area contributed by atoms with Gasteiger partial charge in [0, 0.05) is 6.20 Å². The minimum atomic E-state index is -0.979. The molecule has 0 aliphatic rings. The van der Waals surface area contributed by atoms with Crippen molar-refractivity contribution in [2.45, 2.75) is 32.9 Å². The first-order chi connectivity index (χ1) is 12.3. The minimum absolute atomic E-state index is 0.287. The van der Waals surface area contributed by atoms with Crippen LogP contribution in [0.25, 0.3) is 0 Å². The Morgan fingerprint density at radius 3 is 2.15 bits per heavy atom. The average Bonchev–Trinajstić information content (AvgIpc) is 2.59. The maximum atomic E-state index is 13.8. The number of amides is 2. The van der Waals surface area contributed by atoms with Crippen molar-refractivity contribution in [2.75, 3.05) is 0 Å². The molecule has 138 valence electrons. The van der Waals surface area contributed by atoms with Crippen LogP contribution >= 0.6 is 0 Å². The van der Waals surface area contributed by atoms with E-state index < -0.39 is 35.1 Å². The maximum Gasteiger partial charge on any atom is 0.257 e. The van der Waals surface area contributed by atoms with Crippen LogP contribution in [0.5, 0.6) is 0 Å². The van der Waals surface area contributed by atoms with Crippen LogP contribution in [0.1, 0.15) is 42.9 Å². The number of pyridine rings is 1. The molecule has 26 heavy (non-hydrogen) atoms. The first-order valence-corrected chi connectivity index (χ1v) is 8.27. The highest BCUT2D eigenvalue weighted by Gasteiger charge is 2.28. The second-order valence-corrected chi connectivity index (χ2v) is 6.28. The summed E-state index contributed by atoms with van der Waals surface area (Å²) in [5.74, 6) is -3.67. The Balaban J connectivity index is 2.13. The third kappa shape index (κ3) is 4.62. The van der Waals surface area contributed by atoms with Gasteiger partial charge in [-0.15, -0.1) is 0 Å². The molecule has 2 N–H and O–H groups in total. The van der Waals surface area contributed by atoms with Gasteiger partial charge in [-0.3, -0.25) is 14.6 Å². The highest BCUT2D eigenvalue weighted by Crippen LogP contribution is 2.14. The standard InChI is InChI=1S/C19H21F2N3O2/c1-11(2)17(19(26)23-12(3)15-9-4-5-10-22-15)24-18(25)16-13(20)7-6-8-14(16)21/h4-12,17H,1-3H3,(H,23,26)(H,24,25). The lowest BCUT2D eigenvalue weighted by Gasteiger charge is -2.24. The summed E-state index contributed by atoms with van der Waals surface area (Å²) >= 11 is 0. The normalized spacial score (nSPS) is 13.2. The Morgan fingerprint density at radius 1 is 0.962 bits per heavy atom. The Kier molecular flexibility index (Phi) is 6.38. The molecule has 2 unspecified atom stereocenters. The van der Waals surface area contributed by atoms with E-state index in [0.29, 0.717) is 5.69 Å². The Morgan fingerprint density at radius 2 is 1.62 bits per heavy atom. The predicted molar refractivity (Wildman–Crippen MR) is 93.2 cm³/mol. The largest absolute Gasteiger partial charge is 0.346 e. The third-order valence-electron chi connectivity index (χ3n) is 3.92. The van der Waals surface area contributed by atoms with E-state index in [2.05, 4.69) is 15.6 Å². The van der Waals surface area contributed by atoms with Gasteiger partial charge in [0.05, 0.1) is 11.7 Å². The summed E-state index contributed by atoms with van der Waals surface area (Å²) < 4.78 is 27.6. The molecule has 0 saturated carbocycles. The molecular weight excluding hydrogens is 340 g/mol. The van der Waals surface area contributed by atoms with Crippen LogP contribution in [0.3, 0.4) is 0 Å². The fraction of sp³-hybridized carbons (Fsp3) is 0.316. The van der Waals surface area contributed by atoms with Crippen LogP contribution < -0.4 is 10.6 Å². The third-order valence-corrected chi connectivity index (χ3v) is 3.92. The van der Waals surface area contributed by atoms with E-state index in [9.17, 15) is 18.4 Å². The number of benzene rings is 1. The number of nitrogens with zero attached hydrogens (tertiary/aromatic N) is 1. The van der Waals surface area contributed by atoms with Crippen molar-refractivity contribution in [3.8, 4) is 0 Å². The van der Waals surface area contributed by atoms with E-state index in [-0.39, 0.29) is 12.0 Å². The first kappa shape index (κ1) is 19.5. The lowest BCUT2D eigenvalue weighted by atomic mass is 10.0. The molecule has 7 heteroatoms. The molecule has 1 heterocycles. The number of rotatable bonds is 6. The molecule has 1 aromatic heterocycles. The number of carbonyl (C=O) groups excluding carboxylic acids is 2. The fourth-order valence-electron chi connectivity index (χ4n) is 2.47. The summed E-state index contributed by atoms with van der Waals surface area (Å²) in [5.41, 5.74) is -0.0430. The van der Waals surface area contributed by atoms with E-state index >= 15 is 0 Å². The van der Waals surface area contributed by atoms with Crippen molar-refractivity contribution in [3.05, 3.63) is 65.5 Å². The van der Waals surface area contributed by atoms with Gasteiger partial charge in [-0.05, 0) is 37.1 Å². The summed E-state index contributed by atoms with van der Waals surface area (Å²) in [6.45, 7) is 5.22. The zero-order chi connectivity index (χ0) is 19.3. The SMILES string of the molecule is CC(NC(=O)C(NC(=O)c1c(F)cccc1F)C(C)C)c1ccccn1. The highest BCUT2D eigenvalue weighted by atomic mass is 19.1. The predicted octanol–water partition coefficient (Wildman–Crippen LogP) is 2.99. The van der Waals surface area contributed by atoms with Crippen molar-refractivity contribution in [1.29, 1.82) is 0 Å². The molecule has 0 aliphatic carbocycles. The van der Waals surface area contributed by atoms with Gasteiger partial charge in [0.25, 0.3) is 5.91 Å². The number of hydrogen-bond acceptors (Lipinski definition) is 3. The lowest BCUT2D eigenvalue weighted by molar-refractivity contribution is -0.124. The van der Waals surface area contributed by atoms with Gasteiger partial charge in [-0.25, -0.2) is 8.78 Å². The van der Waals surface area contributed by atoms with Gasteiger partial charge < -0.3 is 10.6 Å². The maximum absolute atomic E-state index is 13.8. The number of hydrogen-bond donors (Lipinski definition) is 2. The molecular formula is C19H21F2N3O2. The van der Waals surface area contributed by atoms with Crippen LogP contribution in [0.15, 0.2) is 42.6 Å². The van der Waals surface area contributed by atoms with Crippen LogP contribution in [-0.2, 0) is 4.79 Å². The summed E-state index contributed by atoms with van der Waals surface area (Å²) in [5, 5.41) is 5.18. The monoisotopic (exact) mass is 361 g/mol. The fourth-order valence-corrected chi connectivity index (χ4v) is 2.47. The average molecular weight is 361 g/mol.